The van der Waals surface area contributed by atoms with Gasteiger partial charge in [-0.3, -0.25) is 4.99 Å². The Hall–Kier alpha value is -3.59. The Balaban J connectivity index is 1.50. The first-order valence-corrected chi connectivity index (χ1v) is 11.1. The number of halogens is 2. The molecule has 3 heterocycles. The molecular formula is C24H18F2N4O2S. The summed E-state index contributed by atoms with van der Waals surface area (Å²) in [5, 5.41) is 12.0. The summed E-state index contributed by atoms with van der Waals surface area (Å²) in [5.41, 5.74) is 2.64. The molecule has 0 aliphatic carbocycles. The molecule has 1 aromatic heterocycles. The second kappa shape index (κ2) is 8.40. The number of aliphatic imine (C=N–C) groups is 1. The number of anilines is 2. The van der Waals surface area contributed by atoms with Crippen LogP contribution >= 0.6 is 11.8 Å². The Morgan fingerprint density at radius 2 is 1.88 bits per heavy atom. The fraction of sp³-hybridized carbons (Fsp3) is 0.167. The maximum Gasteiger partial charge on any atom is 0.335 e. The number of allylic oxidation sites excluding steroid dienone is 2. The lowest BCUT2D eigenvalue weighted by Gasteiger charge is -2.20. The first-order valence-electron chi connectivity index (χ1n) is 10.2. The van der Waals surface area contributed by atoms with Gasteiger partial charge in [-0.25, -0.2) is 23.5 Å². The van der Waals surface area contributed by atoms with E-state index in [0.717, 1.165) is 16.2 Å². The van der Waals surface area contributed by atoms with Crippen molar-refractivity contribution in [2.75, 3.05) is 5.32 Å². The van der Waals surface area contributed by atoms with Crippen LogP contribution in [-0.2, 0) is 6.54 Å². The van der Waals surface area contributed by atoms with E-state index in [-0.39, 0.29) is 28.8 Å². The number of carboxylic acid groups (broad SMARTS) is 1. The number of benzene rings is 2. The molecular weight excluding hydrogens is 446 g/mol. The van der Waals surface area contributed by atoms with Crippen molar-refractivity contribution in [3.63, 3.8) is 0 Å². The van der Waals surface area contributed by atoms with E-state index in [1.54, 1.807) is 30.1 Å². The summed E-state index contributed by atoms with van der Waals surface area (Å²) in [6.07, 6.45) is 3.65. The minimum atomic E-state index is -1.00. The molecule has 0 radical (unpaired) electrons. The number of hydrogen-bond donors (Lipinski definition) is 2. The quantitative estimate of drug-likeness (QED) is 0.530. The summed E-state index contributed by atoms with van der Waals surface area (Å²) in [5.74, 6) is -2.27. The van der Waals surface area contributed by atoms with Gasteiger partial charge < -0.3 is 10.4 Å². The number of carboxylic acids is 1. The fourth-order valence-corrected chi connectivity index (χ4v) is 5.33. The molecule has 0 bridgehead atoms. The molecule has 33 heavy (non-hydrogen) atoms. The molecule has 2 atom stereocenters. The number of nitrogens with zero attached hydrogens (tertiary/aromatic N) is 3. The average molecular weight is 464 g/mol. The number of nitrogens with one attached hydrogen (secondary N) is 1. The number of carbonyl (C=O) groups is 1. The van der Waals surface area contributed by atoms with E-state index in [9.17, 15) is 13.6 Å². The van der Waals surface area contributed by atoms with E-state index in [1.807, 2.05) is 13.0 Å². The molecule has 9 heteroatoms. The number of thioether (sulfide) groups is 1. The molecule has 0 saturated carbocycles. The summed E-state index contributed by atoms with van der Waals surface area (Å²) in [4.78, 5) is 25.8. The van der Waals surface area contributed by atoms with Gasteiger partial charge >= 0.3 is 5.97 Å². The van der Waals surface area contributed by atoms with Crippen molar-refractivity contribution in [1.29, 1.82) is 0 Å². The fourth-order valence-electron chi connectivity index (χ4n) is 4.04. The summed E-state index contributed by atoms with van der Waals surface area (Å²) in [7, 11) is 0. The van der Waals surface area contributed by atoms with E-state index in [1.165, 1.54) is 30.3 Å². The average Bonchev–Trinajstić information content (AvgIpc) is 3.11. The lowest BCUT2D eigenvalue weighted by molar-refractivity contribution is 0.0697. The zero-order valence-corrected chi connectivity index (χ0v) is 18.2. The van der Waals surface area contributed by atoms with Crippen LogP contribution in [0.3, 0.4) is 0 Å². The molecule has 6 nitrogen and oxygen atoms in total. The van der Waals surface area contributed by atoms with Crippen LogP contribution in [0.15, 0.2) is 64.6 Å². The van der Waals surface area contributed by atoms with Crippen LogP contribution in [0.5, 0.6) is 0 Å². The van der Waals surface area contributed by atoms with Crippen LogP contribution in [0, 0.1) is 17.6 Å². The van der Waals surface area contributed by atoms with Gasteiger partial charge in [0.2, 0.25) is 5.95 Å². The van der Waals surface area contributed by atoms with Gasteiger partial charge in [0.05, 0.1) is 34.3 Å². The second-order valence-corrected chi connectivity index (χ2v) is 9.14. The number of fused-ring (bicyclic) bond motifs is 3. The highest BCUT2D eigenvalue weighted by Crippen LogP contribution is 2.50. The number of hydrogen-bond acceptors (Lipinski definition) is 6. The predicted molar refractivity (Wildman–Crippen MR) is 123 cm³/mol. The summed E-state index contributed by atoms with van der Waals surface area (Å²) in [6.45, 7) is 2.17. The smallest absolute Gasteiger partial charge is 0.335 e. The van der Waals surface area contributed by atoms with Gasteiger partial charge in [-0.1, -0.05) is 12.1 Å². The lowest BCUT2D eigenvalue weighted by atomic mass is 9.91. The third-order valence-corrected chi connectivity index (χ3v) is 6.84. The molecule has 2 unspecified atom stereocenters. The highest BCUT2D eigenvalue weighted by molar-refractivity contribution is 8.03. The topological polar surface area (TPSA) is 87.5 Å². The molecule has 2 aromatic carbocycles. The summed E-state index contributed by atoms with van der Waals surface area (Å²) in [6, 6.07) is 10.1. The minimum absolute atomic E-state index is 0.100. The van der Waals surface area contributed by atoms with Gasteiger partial charge in [0.25, 0.3) is 0 Å². The third kappa shape index (κ3) is 4.00. The normalized spacial score (nSPS) is 19.1. The van der Waals surface area contributed by atoms with Crippen LogP contribution in [-0.4, -0.2) is 26.8 Å². The molecule has 0 spiro atoms. The Labute approximate surface area is 192 Å². The number of aromatic nitrogens is 2. The van der Waals surface area contributed by atoms with Crippen LogP contribution < -0.4 is 5.32 Å². The highest BCUT2D eigenvalue weighted by atomic mass is 32.2. The van der Waals surface area contributed by atoms with Gasteiger partial charge in [0.1, 0.15) is 11.6 Å². The summed E-state index contributed by atoms with van der Waals surface area (Å²) >= 11 is 1.59. The maximum atomic E-state index is 14.6. The van der Waals surface area contributed by atoms with E-state index in [0.29, 0.717) is 17.3 Å². The zero-order valence-electron chi connectivity index (χ0n) is 17.4. The third-order valence-electron chi connectivity index (χ3n) is 5.56. The first-order chi connectivity index (χ1) is 15.9. The SMILES string of the molecule is CC1=CC2C(c3c(F)cccc3F)=NCc3cnc(Nc4ccc(C(=O)O)cc4)nc3C2S1. The number of rotatable bonds is 4. The van der Waals surface area contributed by atoms with E-state index < -0.39 is 17.6 Å². The summed E-state index contributed by atoms with van der Waals surface area (Å²) < 4.78 is 29.2. The maximum absolute atomic E-state index is 14.6. The minimum Gasteiger partial charge on any atom is -0.478 e. The molecule has 166 valence electrons. The van der Waals surface area contributed by atoms with Crippen molar-refractivity contribution in [1.82, 2.24) is 9.97 Å². The molecule has 5 rings (SSSR count). The van der Waals surface area contributed by atoms with Gasteiger partial charge in [-0.2, -0.15) is 0 Å². The second-order valence-electron chi connectivity index (χ2n) is 7.75. The van der Waals surface area contributed by atoms with Gasteiger partial charge in [0, 0.05) is 23.4 Å². The van der Waals surface area contributed by atoms with Crippen LogP contribution in [0.2, 0.25) is 0 Å². The van der Waals surface area contributed by atoms with Gasteiger partial charge in [-0.05, 0) is 48.2 Å². The molecule has 0 saturated heterocycles. The molecule has 3 aromatic rings. The lowest BCUT2D eigenvalue weighted by Crippen LogP contribution is -2.20. The standard InChI is InChI=1S/C24H18F2N4O2S/c1-12-9-16-21(19-17(25)3-2-4-18(19)26)27-10-14-11-28-24(30-20(14)22(16)33-12)29-15-7-5-13(6-8-15)23(31)32/h2-9,11,16,22H,10H2,1H3,(H,31,32)(H,28,29,30). The molecule has 2 aliphatic rings. The highest BCUT2D eigenvalue weighted by Gasteiger charge is 2.38. The Morgan fingerprint density at radius 1 is 1.15 bits per heavy atom. The molecule has 2 N–H and O–H groups in total. The molecule has 0 fully saturated rings. The van der Waals surface area contributed by atoms with Crippen molar-refractivity contribution in [3.05, 3.63) is 93.7 Å². The Bertz CT molecular complexity index is 1300. The van der Waals surface area contributed by atoms with Crippen molar-refractivity contribution < 1.29 is 18.7 Å². The van der Waals surface area contributed by atoms with E-state index >= 15 is 0 Å². The number of aromatic carboxylic acids is 1. The van der Waals surface area contributed by atoms with Crippen molar-refractivity contribution in [2.45, 2.75) is 18.7 Å². The Morgan fingerprint density at radius 3 is 2.58 bits per heavy atom. The van der Waals surface area contributed by atoms with Crippen molar-refractivity contribution in [3.8, 4) is 0 Å². The van der Waals surface area contributed by atoms with E-state index in [4.69, 9.17) is 10.1 Å². The largest absolute Gasteiger partial charge is 0.478 e. The van der Waals surface area contributed by atoms with Gasteiger partial charge in [0.15, 0.2) is 0 Å². The zero-order chi connectivity index (χ0) is 23.1. The van der Waals surface area contributed by atoms with E-state index in [2.05, 4.69) is 15.3 Å². The monoisotopic (exact) mass is 464 g/mol. The molecule has 0 amide bonds. The first kappa shape index (κ1) is 21.3. The van der Waals surface area contributed by atoms with Crippen molar-refractivity contribution >= 4 is 35.1 Å². The predicted octanol–water partition coefficient (Wildman–Crippen LogP) is 5.51. The van der Waals surface area contributed by atoms with Crippen LogP contribution in [0.1, 0.15) is 39.4 Å². The van der Waals surface area contributed by atoms with Crippen LogP contribution in [0.25, 0.3) is 0 Å². The van der Waals surface area contributed by atoms with Crippen molar-refractivity contribution in [2.24, 2.45) is 10.9 Å². The molecule has 2 aliphatic heterocycles. The Kier molecular flexibility index (Phi) is 5.41. The van der Waals surface area contributed by atoms with Gasteiger partial charge in [-0.15, -0.1) is 11.8 Å². The van der Waals surface area contributed by atoms with Crippen LogP contribution in [0.4, 0.5) is 20.4 Å².